The molecular weight excluding hydrogens is 280 g/mol. The van der Waals surface area contributed by atoms with Crippen molar-refractivity contribution >= 4 is 5.82 Å². The number of nitriles is 1. The first kappa shape index (κ1) is 14.5. The number of H-pyrrole nitrogens is 1. The van der Waals surface area contributed by atoms with Gasteiger partial charge in [0.25, 0.3) is 0 Å². The van der Waals surface area contributed by atoms with E-state index in [0.717, 1.165) is 43.3 Å². The predicted molar refractivity (Wildman–Crippen MR) is 80.0 cm³/mol. The summed E-state index contributed by atoms with van der Waals surface area (Å²) in [5, 5.41) is 16.1. The Kier molecular flexibility index (Phi) is 4.30. The molecule has 0 aliphatic carbocycles. The van der Waals surface area contributed by atoms with Gasteiger partial charge in [0, 0.05) is 19.9 Å². The molecule has 1 fully saturated rings. The van der Waals surface area contributed by atoms with Gasteiger partial charge in [-0.05, 0) is 31.4 Å². The van der Waals surface area contributed by atoms with Gasteiger partial charge in [0.2, 0.25) is 0 Å². The second-order valence-corrected chi connectivity index (χ2v) is 5.30. The lowest BCUT2D eigenvalue weighted by Crippen LogP contribution is -2.34. The van der Waals surface area contributed by atoms with E-state index in [-0.39, 0.29) is 6.04 Å². The van der Waals surface area contributed by atoms with Crippen LogP contribution in [0.25, 0.3) is 0 Å². The van der Waals surface area contributed by atoms with E-state index >= 15 is 0 Å². The topological polar surface area (TPSA) is 90.7 Å². The number of pyridine rings is 1. The van der Waals surface area contributed by atoms with Crippen LogP contribution in [0.1, 0.15) is 42.5 Å². The monoisotopic (exact) mass is 298 g/mol. The van der Waals surface area contributed by atoms with Gasteiger partial charge >= 0.3 is 0 Å². The van der Waals surface area contributed by atoms with E-state index in [0.29, 0.717) is 12.2 Å². The van der Waals surface area contributed by atoms with Crippen LogP contribution < -0.4 is 4.90 Å². The average Bonchev–Trinajstić information content (AvgIpc) is 3.04. The number of ether oxygens (including phenoxy) is 1. The molecular formula is C15H18N6O. The van der Waals surface area contributed by atoms with Gasteiger partial charge in [-0.15, -0.1) is 0 Å². The van der Waals surface area contributed by atoms with Gasteiger partial charge in [0.1, 0.15) is 18.5 Å². The summed E-state index contributed by atoms with van der Waals surface area (Å²) < 4.78 is 5.08. The number of aromatic nitrogens is 4. The molecule has 1 unspecified atom stereocenters. The minimum Gasteiger partial charge on any atom is -0.377 e. The molecule has 1 atom stereocenters. The first-order valence-corrected chi connectivity index (χ1v) is 7.34. The number of nitrogens with one attached hydrogen (secondary N) is 1. The maximum absolute atomic E-state index is 8.88. The van der Waals surface area contributed by atoms with Crippen molar-refractivity contribution in [3.05, 3.63) is 35.5 Å². The van der Waals surface area contributed by atoms with Crippen LogP contribution in [0.2, 0.25) is 0 Å². The van der Waals surface area contributed by atoms with E-state index in [1.165, 1.54) is 0 Å². The highest BCUT2D eigenvalue weighted by Gasteiger charge is 2.28. The molecule has 0 saturated carbocycles. The highest BCUT2D eigenvalue weighted by Crippen LogP contribution is 2.32. The number of nitrogens with zero attached hydrogens (tertiary/aromatic N) is 5. The van der Waals surface area contributed by atoms with Crippen molar-refractivity contribution in [2.24, 2.45) is 0 Å². The maximum atomic E-state index is 8.88. The van der Waals surface area contributed by atoms with Gasteiger partial charge in [0.15, 0.2) is 11.6 Å². The molecule has 1 saturated heterocycles. The van der Waals surface area contributed by atoms with Crippen LogP contribution in [0.4, 0.5) is 5.82 Å². The molecule has 114 valence electrons. The molecule has 1 aliphatic rings. The summed E-state index contributed by atoms with van der Waals surface area (Å²) in [7, 11) is 1.63. The number of aromatic amines is 1. The Bertz CT molecular complexity index is 659. The zero-order valence-electron chi connectivity index (χ0n) is 12.5. The van der Waals surface area contributed by atoms with E-state index in [4.69, 9.17) is 10.00 Å². The van der Waals surface area contributed by atoms with Crippen molar-refractivity contribution in [1.29, 1.82) is 5.26 Å². The Morgan fingerprint density at radius 3 is 3.09 bits per heavy atom. The minimum absolute atomic E-state index is 0.107. The molecule has 0 spiro atoms. The van der Waals surface area contributed by atoms with Crippen molar-refractivity contribution in [1.82, 2.24) is 20.2 Å². The number of methoxy groups -OCH3 is 1. The van der Waals surface area contributed by atoms with Crippen molar-refractivity contribution < 1.29 is 4.74 Å². The van der Waals surface area contributed by atoms with E-state index < -0.39 is 0 Å². The minimum atomic E-state index is 0.107. The molecule has 2 aromatic rings. The summed E-state index contributed by atoms with van der Waals surface area (Å²) in [5.74, 6) is 2.37. The highest BCUT2D eigenvalue weighted by atomic mass is 16.5. The number of piperidine rings is 1. The highest BCUT2D eigenvalue weighted by molar-refractivity contribution is 5.44. The third-order valence-corrected chi connectivity index (χ3v) is 3.80. The lowest BCUT2D eigenvalue weighted by molar-refractivity contribution is 0.178. The average molecular weight is 298 g/mol. The normalized spacial score (nSPS) is 18.2. The third-order valence-electron chi connectivity index (χ3n) is 3.80. The van der Waals surface area contributed by atoms with Crippen LogP contribution in [-0.2, 0) is 11.3 Å². The molecule has 3 rings (SSSR count). The van der Waals surface area contributed by atoms with Gasteiger partial charge in [0.05, 0.1) is 11.6 Å². The van der Waals surface area contributed by atoms with Gasteiger partial charge in [-0.1, -0.05) is 0 Å². The first-order chi connectivity index (χ1) is 10.8. The summed E-state index contributed by atoms with van der Waals surface area (Å²) in [6.07, 6.45) is 4.86. The maximum Gasteiger partial charge on any atom is 0.173 e. The van der Waals surface area contributed by atoms with Crippen molar-refractivity contribution in [3.8, 4) is 6.07 Å². The second-order valence-electron chi connectivity index (χ2n) is 5.30. The molecule has 22 heavy (non-hydrogen) atoms. The van der Waals surface area contributed by atoms with E-state index in [1.54, 1.807) is 19.4 Å². The SMILES string of the molecule is COCc1nc(C2CCCCN2c2ccc(C#N)cn2)n[nH]1. The van der Waals surface area contributed by atoms with Crippen LogP contribution in [0.15, 0.2) is 18.3 Å². The Balaban J connectivity index is 1.85. The van der Waals surface area contributed by atoms with Gasteiger partial charge in [-0.25, -0.2) is 9.97 Å². The zero-order chi connectivity index (χ0) is 15.4. The van der Waals surface area contributed by atoms with Crippen LogP contribution >= 0.6 is 0 Å². The fourth-order valence-electron chi connectivity index (χ4n) is 2.76. The molecule has 0 aromatic carbocycles. The summed E-state index contributed by atoms with van der Waals surface area (Å²) in [4.78, 5) is 11.1. The second kappa shape index (κ2) is 6.54. The Hall–Kier alpha value is -2.46. The molecule has 2 aromatic heterocycles. The summed E-state index contributed by atoms with van der Waals surface area (Å²) in [6, 6.07) is 5.88. The number of rotatable bonds is 4. The van der Waals surface area contributed by atoms with Gasteiger partial charge < -0.3 is 9.64 Å². The molecule has 3 heterocycles. The number of hydrogen-bond donors (Lipinski definition) is 1. The molecule has 0 radical (unpaired) electrons. The fraction of sp³-hybridized carbons (Fsp3) is 0.467. The number of anilines is 1. The zero-order valence-corrected chi connectivity index (χ0v) is 12.5. The number of hydrogen-bond acceptors (Lipinski definition) is 6. The van der Waals surface area contributed by atoms with Crippen LogP contribution in [-0.4, -0.2) is 33.8 Å². The summed E-state index contributed by atoms with van der Waals surface area (Å²) in [5.41, 5.74) is 0.567. The molecule has 1 aliphatic heterocycles. The van der Waals surface area contributed by atoms with E-state index in [2.05, 4.69) is 31.1 Å². The predicted octanol–water partition coefficient (Wildman–Crippen LogP) is 1.95. The summed E-state index contributed by atoms with van der Waals surface area (Å²) in [6.45, 7) is 1.34. The Morgan fingerprint density at radius 2 is 2.36 bits per heavy atom. The van der Waals surface area contributed by atoms with Crippen LogP contribution in [0.3, 0.4) is 0 Å². The van der Waals surface area contributed by atoms with Gasteiger partial charge in [-0.2, -0.15) is 10.4 Å². The standard InChI is InChI=1S/C15H18N6O/c1-22-10-13-18-15(20-19-13)12-4-2-3-7-21(12)14-6-5-11(8-16)9-17-14/h5-6,9,12H,2-4,7,10H2,1H3,(H,18,19,20). The van der Waals surface area contributed by atoms with Crippen molar-refractivity contribution in [2.75, 3.05) is 18.6 Å². The lowest BCUT2D eigenvalue weighted by atomic mass is 10.0. The summed E-state index contributed by atoms with van der Waals surface area (Å²) >= 11 is 0. The van der Waals surface area contributed by atoms with Crippen molar-refractivity contribution in [2.45, 2.75) is 31.9 Å². The van der Waals surface area contributed by atoms with E-state index in [9.17, 15) is 0 Å². The molecule has 7 nitrogen and oxygen atoms in total. The van der Waals surface area contributed by atoms with Crippen LogP contribution in [0, 0.1) is 11.3 Å². The Morgan fingerprint density at radius 1 is 1.45 bits per heavy atom. The molecule has 1 N–H and O–H groups in total. The van der Waals surface area contributed by atoms with Crippen molar-refractivity contribution in [3.63, 3.8) is 0 Å². The molecule has 0 amide bonds. The lowest BCUT2D eigenvalue weighted by Gasteiger charge is -2.34. The van der Waals surface area contributed by atoms with Crippen LogP contribution in [0.5, 0.6) is 0 Å². The van der Waals surface area contributed by atoms with Gasteiger partial charge in [-0.3, -0.25) is 5.10 Å². The fourth-order valence-corrected chi connectivity index (χ4v) is 2.76. The smallest absolute Gasteiger partial charge is 0.173 e. The third kappa shape index (κ3) is 2.92. The quantitative estimate of drug-likeness (QED) is 0.927. The molecule has 7 heteroatoms. The molecule has 0 bridgehead atoms. The largest absolute Gasteiger partial charge is 0.377 e. The first-order valence-electron chi connectivity index (χ1n) is 7.34. The van der Waals surface area contributed by atoms with E-state index in [1.807, 2.05) is 6.07 Å². The Labute approximate surface area is 129 Å².